The first-order chi connectivity index (χ1) is 12.8. The van der Waals surface area contributed by atoms with Crippen molar-refractivity contribution in [1.82, 2.24) is 15.5 Å². The molecule has 28 heavy (non-hydrogen) atoms. The van der Waals surface area contributed by atoms with Crippen molar-refractivity contribution in [3.63, 3.8) is 0 Å². The van der Waals surface area contributed by atoms with E-state index in [1.165, 1.54) is 5.56 Å². The van der Waals surface area contributed by atoms with E-state index in [0.29, 0.717) is 18.3 Å². The molecular weight excluding hydrogens is 507 g/mol. The maximum Gasteiger partial charge on any atom is 0.191 e. The van der Waals surface area contributed by atoms with Crippen molar-refractivity contribution in [2.24, 2.45) is 4.99 Å². The first-order valence-electron chi connectivity index (χ1n) is 9.60. The molecule has 0 aromatic heterocycles. The summed E-state index contributed by atoms with van der Waals surface area (Å²) in [5, 5.41) is 7.59. The zero-order valence-electron chi connectivity index (χ0n) is 17.3. The normalized spacial score (nSPS) is 17.7. The van der Waals surface area contributed by atoms with Gasteiger partial charge in [0.25, 0.3) is 0 Å². The Morgan fingerprint density at radius 3 is 2.39 bits per heavy atom. The molecule has 0 bridgehead atoms. The van der Waals surface area contributed by atoms with Gasteiger partial charge in [-0.15, -0.1) is 24.0 Å². The number of halogens is 2. The van der Waals surface area contributed by atoms with Crippen molar-refractivity contribution in [3.05, 3.63) is 34.9 Å². The summed E-state index contributed by atoms with van der Waals surface area (Å²) in [6.45, 7) is 9.78. The maximum absolute atomic E-state index is 12.1. The number of nitrogens with one attached hydrogen (secondary N) is 2. The van der Waals surface area contributed by atoms with E-state index in [0.717, 1.165) is 43.5 Å². The smallest absolute Gasteiger partial charge is 0.191 e. The number of piperidine rings is 1. The molecule has 2 N–H and O–H groups in total. The van der Waals surface area contributed by atoms with E-state index >= 15 is 0 Å². The fourth-order valence-corrected chi connectivity index (χ4v) is 4.07. The lowest BCUT2D eigenvalue weighted by Gasteiger charge is -2.33. The Hall–Kier alpha value is -0.380. The van der Waals surface area contributed by atoms with Crippen LogP contribution in [0, 0.1) is 0 Å². The minimum atomic E-state index is -0.848. The molecule has 1 aromatic carbocycles. The van der Waals surface area contributed by atoms with Gasteiger partial charge in [0.1, 0.15) is 0 Å². The van der Waals surface area contributed by atoms with E-state index in [2.05, 4.69) is 32.7 Å². The highest BCUT2D eigenvalue weighted by molar-refractivity contribution is 14.0. The second-order valence-corrected chi connectivity index (χ2v) is 10.7. The summed E-state index contributed by atoms with van der Waals surface area (Å²) in [7, 11) is 0.935. The number of benzene rings is 1. The van der Waals surface area contributed by atoms with E-state index in [9.17, 15) is 4.21 Å². The molecule has 1 aromatic rings. The third-order valence-electron chi connectivity index (χ3n) is 4.73. The van der Waals surface area contributed by atoms with Gasteiger partial charge < -0.3 is 10.6 Å². The van der Waals surface area contributed by atoms with E-state index in [1.807, 2.05) is 32.9 Å². The summed E-state index contributed by atoms with van der Waals surface area (Å²) >= 11 is 5.96. The Kier molecular flexibility index (Phi) is 11.3. The summed E-state index contributed by atoms with van der Waals surface area (Å²) in [4.78, 5) is 6.78. The maximum atomic E-state index is 12.1. The Morgan fingerprint density at radius 2 is 1.86 bits per heavy atom. The summed E-state index contributed by atoms with van der Waals surface area (Å²) in [6.07, 6.45) is 2.17. The molecule has 1 atom stereocenters. The molecule has 1 saturated heterocycles. The van der Waals surface area contributed by atoms with Crippen LogP contribution >= 0.6 is 35.6 Å². The predicted molar refractivity (Wildman–Crippen MR) is 132 cm³/mol. The molecule has 1 unspecified atom stereocenters. The van der Waals surface area contributed by atoms with Gasteiger partial charge in [-0.2, -0.15) is 0 Å². The van der Waals surface area contributed by atoms with Gasteiger partial charge >= 0.3 is 0 Å². The summed E-state index contributed by atoms with van der Waals surface area (Å²) in [5.41, 5.74) is 1.30. The predicted octanol–water partition coefficient (Wildman–Crippen LogP) is 3.63. The highest BCUT2D eigenvalue weighted by Crippen LogP contribution is 2.16. The molecule has 0 spiro atoms. The molecule has 0 aliphatic carbocycles. The second-order valence-electron chi connectivity index (χ2n) is 7.98. The third-order valence-corrected chi connectivity index (χ3v) is 6.93. The number of aliphatic imine (C=N–C) groups is 1. The highest BCUT2D eigenvalue weighted by atomic mass is 127. The zero-order chi connectivity index (χ0) is 19.9. The van der Waals surface area contributed by atoms with E-state index in [1.54, 1.807) is 7.05 Å². The van der Waals surface area contributed by atoms with E-state index < -0.39 is 10.8 Å². The van der Waals surface area contributed by atoms with Crippen molar-refractivity contribution < 1.29 is 4.21 Å². The molecule has 1 fully saturated rings. The van der Waals surface area contributed by atoms with Gasteiger partial charge in [0.2, 0.25) is 0 Å². The quantitative estimate of drug-likeness (QED) is 0.329. The van der Waals surface area contributed by atoms with E-state index in [4.69, 9.17) is 11.6 Å². The van der Waals surface area contributed by atoms with Crippen molar-refractivity contribution in [3.8, 4) is 0 Å². The molecule has 160 valence electrons. The molecule has 0 radical (unpaired) electrons. The first-order valence-corrected chi connectivity index (χ1v) is 11.3. The van der Waals surface area contributed by atoms with Crippen LogP contribution in [0.4, 0.5) is 0 Å². The van der Waals surface area contributed by atoms with Gasteiger partial charge in [-0.1, -0.05) is 23.7 Å². The van der Waals surface area contributed by atoms with Crippen LogP contribution in [0.5, 0.6) is 0 Å². The van der Waals surface area contributed by atoms with Crippen LogP contribution in [0.15, 0.2) is 29.3 Å². The number of nitrogens with zero attached hydrogens (tertiary/aromatic N) is 2. The van der Waals surface area contributed by atoms with Crippen LogP contribution < -0.4 is 10.6 Å². The van der Waals surface area contributed by atoms with Crippen LogP contribution in [0.1, 0.15) is 39.2 Å². The second kappa shape index (κ2) is 12.3. The monoisotopic (exact) mass is 540 g/mol. The number of hydrogen-bond acceptors (Lipinski definition) is 3. The van der Waals surface area contributed by atoms with Gasteiger partial charge in [-0.3, -0.25) is 14.1 Å². The fraction of sp³-hybridized carbons (Fsp3) is 0.650. The number of hydrogen-bond donors (Lipinski definition) is 2. The summed E-state index contributed by atoms with van der Waals surface area (Å²) in [6, 6.07) is 8.52. The average molecular weight is 541 g/mol. The third kappa shape index (κ3) is 8.97. The SMILES string of the molecule is CN=C(NCCS(=O)C(C)(C)C)NC1CCN(Cc2ccc(Cl)cc2)CC1.I. The average Bonchev–Trinajstić information content (AvgIpc) is 2.63. The number of likely N-dealkylation sites (tertiary alicyclic amines) is 1. The summed E-state index contributed by atoms with van der Waals surface area (Å²) in [5.74, 6) is 1.43. The topological polar surface area (TPSA) is 56.7 Å². The molecule has 8 heteroatoms. The van der Waals surface area contributed by atoms with Crippen LogP contribution in [0.2, 0.25) is 5.02 Å². The molecule has 1 heterocycles. The number of guanidine groups is 1. The standard InChI is InChI=1S/C20H33ClN4OS.HI/c1-20(2,3)27(26)14-11-23-19(22-4)24-18-9-12-25(13-10-18)15-16-5-7-17(21)8-6-16;/h5-8,18H,9-15H2,1-4H3,(H2,22,23,24);1H. The first kappa shape index (κ1) is 25.7. The van der Waals surface area contributed by atoms with Gasteiger partial charge in [-0.25, -0.2) is 0 Å². The van der Waals surface area contributed by atoms with Crippen LogP contribution in [0.25, 0.3) is 0 Å². The molecule has 2 rings (SSSR count). The molecular formula is C20H34ClIN4OS. The Balaban J connectivity index is 0.00000392. The van der Waals surface area contributed by atoms with Gasteiger partial charge in [0, 0.05) is 65.6 Å². The molecule has 0 amide bonds. The lowest BCUT2D eigenvalue weighted by Crippen LogP contribution is -2.49. The Morgan fingerprint density at radius 1 is 1.25 bits per heavy atom. The zero-order valence-corrected chi connectivity index (χ0v) is 21.2. The fourth-order valence-electron chi connectivity index (χ4n) is 3.04. The molecule has 5 nitrogen and oxygen atoms in total. The van der Waals surface area contributed by atoms with E-state index in [-0.39, 0.29) is 28.7 Å². The highest BCUT2D eigenvalue weighted by Gasteiger charge is 2.21. The molecule has 0 saturated carbocycles. The van der Waals surface area contributed by atoms with Crippen LogP contribution in [-0.4, -0.2) is 58.3 Å². The minimum absolute atomic E-state index is 0. The van der Waals surface area contributed by atoms with Crippen LogP contribution in [-0.2, 0) is 17.3 Å². The van der Waals surface area contributed by atoms with Crippen molar-refractivity contribution in [2.75, 3.05) is 32.4 Å². The minimum Gasteiger partial charge on any atom is -0.355 e. The summed E-state index contributed by atoms with van der Waals surface area (Å²) < 4.78 is 12.0. The van der Waals surface area contributed by atoms with Crippen molar-refractivity contribution >= 4 is 52.3 Å². The van der Waals surface area contributed by atoms with Gasteiger partial charge in [0.15, 0.2) is 5.96 Å². The van der Waals surface area contributed by atoms with Crippen molar-refractivity contribution in [2.45, 2.75) is 50.9 Å². The Labute approximate surface area is 194 Å². The lowest BCUT2D eigenvalue weighted by molar-refractivity contribution is 0.198. The van der Waals surface area contributed by atoms with Gasteiger partial charge in [-0.05, 0) is 51.3 Å². The Bertz CT molecular complexity index is 641. The van der Waals surface area contributed by atoms with Crippen LogP contribution in [0.3, 0.4) is 0 Å². The number of rotatable bonds is 6. The molecule has 1 aliphatic heterocycles. The largest absolute Gasteiger partial charge is 0.355 e. The lowest BCUT2D eigenvalue weighted by atomic mass is 10.0. The van der Waals surface area contributed by atoms with Crippen molar-refractivity contribution in [1.29, 1.82) is 0 Å². The molecule has 1 aliphatic rings. The van der Waals surface area contributed by atoms with Gasteiger partial charge in [0.05, 0.1) is 0 Å².